The van der Waals surface area contributed by atoms with Crippen molar-refractivity contribution in [3.05, 3.63) is 75.3 Å². The van der Waals surface area contributed by atoms with E-state index in [2.05, 4.69) is 6.58 Å². The van der Waals surface area contributed by atoms with Gasteiger partial charge in [0.05, 0.1) is 19.9 Å². The van der Waals surface area contributed by atoms with Crippen molar-refractivity contribution in [1.82, 2.24) is 9.13 Å². The third-order valence-electron chi connectivity index (χ3n) is 4.82. The Morgan fingerprint density at radius 2 is 1.94 bits per heavy atom. The molecule has 2 N–H and O–H groups in total. The number of esters is 1. The van der Waals surface area contributed by atoms with Gasteiger partial charge < -0.3 is 24.4 Å². The first kappa shape index (κ1) is 22.4. The molecule has 0 radical (unpaired) electrons. The minimum Gasteiger partial charge on any atom is -0.497 e. The van der Waals surface area contributed by atoms with Gasteiger partial charge in [0.2, 0.25) is 5.82 Å². The SMILES string of the molecule is C=CC(=O)OC[C@H]1O[C@@H](n2cc(F)c(=O)n(Cc3ccc(OC)cc3)c2=O)[C@H](O)[C@@H]1O. The van der Waals surface area contributed by atoms with Crippen molar-refractivity contribution in [2.75, 3.05) is 13.7 Å². The Kier molecular flexibility index (Phi) is 6.68. The van der Waals surface area contributed by atoms with Crippen LogP contribution >= 0.6 is 0 Å². The fourth-order valence-corrected chi connectivity index (χ4v) is 3.14. The van der Waals surface area contributed by atoms with Crippen molar-refractivity contribution < 1.29 is 33.6 Å². The number of aliphatic hydroxyl groups excluding tert-OH is 2. The van der Waals surface area contributed by atoms with Gasteiger partial charge in [0.15, 0.2) is 6.23 Å². The lowest BCUT2D eigenvalue weighted by Gasteiger charge is -2.19. The van der Waals surface area contributed by atoms with Gasteiger partial charge in [0.1, 0.15) is 30.7 Å². The van der Waals surface area contributed by atoms with E-state index in [0.717, 1.165) is 6.08 Å². The number of halogens is 1. The van der Waals surface area contributed by atoms with Crippen LogP contribution in [0.25, 0.3) is 0 Å². The van der Waals surface area contributed by atoms with Gasteiger partial charge in [-0.15, -0.1) is 0 Å². The molecule has 1 fully saturated rings. The largest absolute Gasteiger partial charge is 0.497 e. The fraction of sp³-hybridized carbons (Fsp3) is 0.350. The number of carbonyl (C=O) groups excluding carboxylic acids is 1. The summed E-state index contributed by atoms with van der Waals surface area (Å²) in [5.41, 5.74) is -1.58. The smallest absolute Gasteiger partial charge is 0.333 e. The summed E-state index contributed by atoms with van der Waals surface area (Å²) in [6.45, 7) is 2.56. The van der Waals surface area contributed by atoms with Crippen LogP contribution in [-0.2, 0) is 20.8 Å². The van der Waals surface area contributed by atoms with Crippen LogP contribution in [0.5, 0.6) is 5.75 Å². The van der Waals surface area contributed by atoms with E-state index in [4.69, 9.17) is 14.2 Å². The first-order valence-corrected chi connectivity index (χ1v) is 9.22. The predicted molar refractivity (Wildman–Crippen MR) is 104 cm³/mol. The molecule has 1 aromatic carbocycles. The molecule has 31 heavy (non-hydrogen) atoms. The summed E-state index contributed by atoms with van der Waals surface area (Å²) >= 11 is 0. The van der Waals surface area contributed by atoms with Crippen LogP contribution in [0, 0.1) is 5.82 Å². The maximum Gasteiger partial charge on any atom is 0.333 e. The molecule has 3 rings (SSSR count). The first-order chi connectivity index (χ1) is 14.8. The number of benzene rings is 1. The third kappa shape index (κ3) is 4.58. The molecule has 1 aromatic heterocycles. The number of hydrogen-bond acceptors (Lipinski definition) is 8. The first-order valence-electron chi connectivity index (χ1n) is 9.22. The van der Waals surface area contributed by atoms with Gasteiger partial charge in [-0.2, -0.15) is 4.39 Å². The summed E-state index contributed by atoms with van der Waals surface area (Å²) in [6, 6.07) is 6.45. The Labute approximate surface area is 175 Å². The van der Waals surface area contributed by atoms with E-state index in [1.807, 2.05) is 0 Å². The van der Waals surface area contributed by atoms with Crippen molar-refractivity contribution in [3.8, 4) is 5.75 Å². The average molecular weight is 436 g/mol. The maximum absolute atomic E-state index is 14.3. The van der Waals surface area contributed by atoms with Gasteiger partial charge in [0, 0.05) is 6.08 Å². The molecule has 166 valence electrons. The standard InChI is InChI=1S/C20H21FN2O8/c1-3-15(24)30-10-14-16(25)17(26)19(31-14)23-9-13(21)18(27)22(20(23)28)8-11-4-6-12(29-2)7-5-11/h3-7,9,14,16-17,19,25-26H,1,8,10H2,2H3/t14-,16-,17-,19-/m1/s1. The molecule has 0 bridgehead atoms. The Morgan fingerprint density at radius 1 is 1.26 bits per heavy atom. The maximum atomic E-state index is 14.3. The van der Waals surface area contributed by atoms with Crippen molar-refractivity contribution in [3.63, 3.8) is 0 Å². The van der Waals surface area contributed by atoms with Gasteiger partial charge in [0.25, 0.3) is 5.56 Å². The van der Waals surface area contributed by atoms with Crippen molar-refractivity contribution in [2.45, 2.75) is 31.1 Å². The quantitative estimate of drug-likeness (QED) is 0.441. The van der Waals surface area contributed by atoms with Crippen molar-refractivity contribution >= 4 is 5.97 Å². The summed E-state index contributed by atoms with van der Waals surface area (Å²) in [7, 11) is 1.48. The number of hydrogen-bond donors (Lipinski definition) is 2. The molecule has 11 heteroatoms. The zero-order valence-electron chi connectivity index (χ0n) is 16.5. The highest BCUT2D eigenvalue weighted by molar-refractivity contribution is 5.81. The van der Waals surface area contributed by atoms with E-state index in [0.29, 0.717) is 26.6 Å². The van der Waals surface area contributed by atoms with Gasteiger partial charge in [-0.05, 0) is 17.7 Å². The highest BCUT2D eigenvalue weighted by Crippen LogP contribution is 2.28. The zero-order valence-corrected chi connectivity index (χ0v) is 16.5. The van der Waals surface area contributed by atoms with Crippen LogP contribution in [0.15, 0.2) is 52.7 Å². The normalized spacial score (nSPS) is 22.8. The summed E-state index contributed by atoms with van der Waals surface area (Å²) in [4.78, 5) is 36.3. The number of methoxy groups -OCH3 is 1. The van der Waals surface area contributed by atoms with Crippen molar-refractivity contribution in [1.29, 1.82) is 0 Å². The highest BCUT2D eigenvalue weighted by atomic mass is 19.1. The van der Waals surface area contributed by atoms with Gasteiger partial charge in [-0.25, -0.2) is 9.59 Å². The third-order valence-corrected chi connectivity index (χ3v) is 4.82. The van der Waals surface area contributed by atoms with E-state index < -0.39 is 54.2 Å². The van der Waals surface area contributed by atoms with Crippen LogP contribution in [-0.4, -0.2) is 57.3 Å². The molecular formula is C20H21FN2O8. The molecule has 0 amide bonds. The summed E-state index contributed by atoms with van der Waals surface area (Å²) < 4.78 is 30.9. The second-order valence-corrected chi connectivity index (χ2v) is 6.79. The molecule has 0 spiro atoms. The number of ether oxygens (including phenoxy) is 3. The molecule has 2 aromatic rings. The van der Waals surface area contributed by atoms with E-state index in [1.165, 1.54) is 7.11 Å². The number of rotatable bonds is 7. The molecular weight excluding hydrogens is 415 g/mol. The molecule has 0 unspecified atom stereocenters. The van der Waals surface area contributed by atoms with Crippen LogP contribution in [0.2, 0.25) is 0 Å². The van der Waals surface area contributed by atoms with Gasteiger partial charge in [-0.3, -0.25) is 13.9 Å². The molecule has 0 aliphatic carbocycles. The molecule has 2 heterocycles. The topological polar surface area (TPSA) is 129 Å². The monoisotopic (exact) mass is 436 g/mol. The van der Waals surface area contributed by atoms with Crippen LogP contribution in [0.4, 0.5) is 4.39 Å². The Hall–Kier alpha value is -3.28. The van der Waals surface area contributed by atoms with E-state index in [1.54, 1.807) is 24.3 Å². The molecule has 1 saturated heterocycles. The molecule has 4 atom stereocenters. The Bertz CT molecular complexity index is 1080. The summed E-state index contributed by atoms with van der Waals surface area (Å²) in [6.07, 6.45) is -4.35. The van der Waals surface area contributed by atoms with Gasteiger partial charge in [-0.1, -0.05) is 18.7 Å². The number of nitrogens with zero attached hydrogens (tertiary/aromatic N) is 2. The Morgan fingerprint density at radius 3 is 2.55 bits per heavy atom. The molecule has 10 nitrogen and oxygen atoms in total. The lowest BCUT2D eigenvalue weighted by Crippen LogP contribution is -2.44. The second kappa shape index (κ2) is 9.25. The minimum atomic E-state index is -1.64. The number of aliphatic hydroxyl groups is 2. The highest BCUT2D eigenvalue weighted by Gasteiger charge is 2.45. The summed E-state index contributed by atoms with van der Waals surface area (Å²) in [5, 5.41) is 20.5. The van der Waals surface area contributed by atoms with E-state index in [-0.39, 0.29) is 6.54 Å². The minimum absolute atomic E-state index is 0.245. The molecule has 1 aliphatic heterocycles. The summed E-state index contributed by atoms with van der Waals surface area (Å²) in [5.74, 6) is -1.46. The molecule has 1 aliphatic rings. The van der Waals surface area contributed by atoms with Crippen LogP contribution < -0.4 is 16.0 Å². The van der Waals surface area contributed by atoms with Gasteiger partial charge >= 0.3 is 11.7 Å². The van der Waals surface area contributed by atoms with Crippen molar-refractivity contribution in [2.24, 2.45) is 0 Å². The number of aromatic nitrogens is 2. The number of carbonyl (C=O) groups is 1. The lowest BCUT2D eigenvalue weighted by atomic mass is 10.1. The fourth-order valence-electron chi connectivity index (χ4n) is 3.14. The van der Waals surface area contributed by atoms with Crippen LogP contribution in [0.3, 0.4) is 0 Å². The zero-order chi connectivity index (χ0) is 22.7. The average Bonchev–Trinajstić information content (AvgIpc) is 3.06. The van der Waals surface area contributed by atoms with E-state index in [9.17, 15) is 29.0 Å². The predicted octanol–water partition coefficient (Wildman–Crippen LogP) is -0.446. The van der Waals surface area contributed by atoms with Crippen LogP contribution in [0.1, 0.15) is 11.8 Å². The van der Waals surface area contributed by atoms with E-state index >= 15 is 0 Å². The second-order valence-electron chi connectivity index (χ2n) is 6.79. The molecule has 0 saturated carbocycles. The Balaban J connectivity index is 1.91. The lowest BCUT2D eigenvalue weighted by molar-refractivity contribution is -0.144.